The van der Waals surface area contributed by atoms with Gasteiger partial charge in [0.2, 0.25) is 5.91 Å². The van der Waals surface area contributed by atoms with Gasteiger partial charge in [0.15, 0.2) is 15.9 Å². The normalized spacial score (nSPS) is 12.9. The summed E-state index contributed by atoms with van der Waals surface area (Å²) in [6.07, 6.45) is 0. The van der Waals surface area contributed by atoms with Crippen molar-refractivity contribution in [3.8, 4) is 0 Å². The highest BCUT2D eigenvalue weighted by Crippen LogP contribution is 2.12. The number of aliphatic carboxylic acids is 1. The summed E-state index contributed by atoms with van der Waals surface area (Å²) in [6, 6.07) is 6.87. The van der Waals surface area contributed by atoms with E-state index < -0.39 is 33.5 Å². The number of hydrogen-bond acceptors (Lipinski definition) is 4. The fourth-order valence-corrected chi connectivity index (χ4v) is 3.52. The summed E-state index contributed by atoms with van der Waals surface area (Å²) in [5.41, 5.74) is 0.389. The molecule has 0 radical (unpaired) electrons. The van der Waals surface area contributed by atoms with Crippen LogP contribution in [0.1, 0.15) is 25.5 Å². The molecule has 116 valence electrons. The van der Waals surface area contributed by atoms with Gasteiger partial charge in [-0.3, -0.25) is 4.79 Å². The largest absolute Gasteiger partial charge is 0.479 e. The van der Waals surface area contributed by atoms with Crippen LogP contribution in [-0.2, 0) is 19.4 Å². The lowest BCUT2D eigenvalue weighted by Crippen LogP contribution is -2.38. The Morgan fingerprint density at radius 2 is 1.76 bits per heavy atom. The number of carbonyl (C=O) groups excluding carboxylic acids is 1. The van der Waals surface area contributed by atoms with Gasteiger partial charge in [0, 0.05) is 0 Å². The zero-order valence-electron chi connectivity index (χ0n) is 11.9. The number of carboxylic acid groups (broad SMARTS) is 1. The molecule has 21 heavy (non-hydrogen) atoms. The van der Waals surface area contributed by atoms with E-state index in [2.05, 4.69) is 5.32 Å². The predicted octanol–water partition coefficient (Wildman–Crippen LogP) is 0.999. The molecule has 7 heteroatoms. The van der Waals surface area contributed by atoms with Crippen LogP contribution in [-0.4, -0.2) is 36.9 Å². The van der Waals surface area contributed by atoms with Crippen molar-refractivity contribution in [3.63, 3.8) is 0 Å². The maximum absolute atomic E-state index is 11.8. The minimum Gasteiger partial charge on any atom is -0.479 e. The molecule has 0 aromatic heterocycles. The highest BCUT2D eigenvalue weighted by atomic mass is 32.2. The summed E-state index contributed by atoms with van der Waals surface area (Å²) in [4.78, 5) is 23.0. The van der Waals surface area contributed by atoms with Crippen LogP contribution in [0.3, 0.4) is 0 Å². The first-order valence-corrected chi connectivity index (χ1v) is 8.31. The second-order valence-electron chi connectivity index (χ2n) is 5.20. The van der Waals surface area contributed by atoms with Crippen molar-refractivity contribution in [2.24, 2.45) is 5.92 Å². The number of benzene rings is 1. The molecule has 6 nitrogen and oxygen atoms in total. The molecular formula is C14H19NO5S. The molecule has 0 aliphatic carbocycles. The van der Waals surface area contributed by atoms with E-state index in [4.69, 9.17) is 5.11 Å². The van der Waals surface area contributed by atoms with Crippen LogP contribution in [0.15, 0.2) is 30.3 Å². The Kier molecular flexibility index (Phi) is 5.90. The Hall–Kier alpha value is -1.89. The van der Waals surface area contributed by atoms with Gasteiger partial charge in [-0.2, -0.15) is 0 Å². The third-order valence-electron chi connectivity index (χ3n) is 2.62. The zero-order valence-corrected chi connectivity index (χ0v) is 12.8. The number of rotatable bonds is 7. The predicted molar refractivity (Wildman–Crippen MR) is 78.5 cm³/mol. The van der Waals surface area contributed by atoms with Crippen molar-refractivity contribution in [3.05, 3.63) is 35.9 Å². The molecule has 0 heterocycles. The van der Waals surface area contributed by atoms with E-state index in [0.717, 1.165) is 0 Å². The van der Waals surface area contributed by atoms with Gasteiger partial charge in [0.25, 0.3) is 0 Å². The third-order valence-corrected chi connectivity index (χ3v) is 4.50. The van der Waals surface area contributed by atoms with Crippen LogP contribution < -0.4 is 5.32 Å². The molecule has 0 spiro atoms. The molecule has 0 aliphatic rings. The molecule has 1 rings (SSSR count). The van der Waals surface area contributed by atoms with Crippen molar-refractivity contribution in [1.82, 2.24) is 5.32 Å². The molecule has 0 saturated carbocycles. The van der Waals surface area contributed by atoms with E-state index in [-0.39, 0.29) is 11.7 Å². The summed E-state index contributed by atoms with van der Waals surface area (Å²) < 4.78 is 23.5. The van der Waals surface area contributed by atoms with E-state index in [1.54, 1.807) is 44.2 Å². The first kappa shape index (κ1) is 17.2. The lowest BCUT2D eigenvalue weighted by atomic mass is 10.1. The number of carbonyl (C=O) groups is 2. The Morgan fingerprint density at radius 3 is 2.24 bits per heavy atom. The molecule has 1 aromatic carbocycles. The summed E-state index contributed by atoms with van der Waals surface area (Å²) >= 11 is 0. The fourth-order valence-electron chi connectivity index (χ4n) is 1.90. The van der Waals surface area contributed by atoms with Crippen LogP contribution >= 0.6 is 0 Å². The first-order valence-electron chi connectivity index (χ1n) is 6.49. The van der Waals surface area contributed by atoms with E-state index >= 15 is 0 Å². The molecule has 2 N–H and O–H groups in total. The molecule has 0 fully saturated rings. The monoisotopic (exact) mass is 313 g/mol. The number of nitrogens with one attached hydrogen (secondary N) is 1. The molecule has 0 bridgehead atoms. The van der Waals surface area contributed by atoms with E-state index in [9.17, 15) is 18.0 Å². The average molecular weight is 313 g/mol. The molecule has 1 atom stereocenters. The topological polar surface area (TPSA) is 101 Å². The lowest BCUT2D eigenvalue weighted by molar-refractivity contribution is -0.141. The van der Waals surface area contributed by atoms with Gasteiger partial charge in [-0.15, -0.1) is 0 Å². The Labute approximate surface area is 124 Å². The highest BCUT2D eigenvalue weighted by Gasteiger charge is 2.25. The summed E-state index contributed by atoms with van der Waals surface area (Å²) in [7, 11) is -3.54. The molecule has 1 unspecified atom stereocenters. The standard InChI is InChI=1S/C14H19NO5S/c1-10(2)8-21(19,20)9-12(16)15-13(14(17)18)11-6-4-3-5-7-11/h3-7,10,13H,8-9H2,1-2H3,(H,15,16)(H,17,18). The van der Waals surface area contributed by atoms with Gasteiger partial charge < -0.3 is 10.4 Å². The van der Waals surface area contributed by atoms with Crippen LogP contribution in [0, 0.1) is 5.92 Å². The van der Waals surface area contributed by atoms with E-state index in [0.29, 0.717) is 5.56 Å². The second-order valence-corrected chi connectivity index (χ2v) is 7.31. The second kappa shape index (κ2) is 7.21. The maximum Gasteiger partial charge on any atom is 0.330 e. The minimum atomic E-state index is -3.54. The van der Waals surface area contributed by atoms with Gasteiger partial charge in [0.1, 0.15) is 5.75 Å². The molecule has 1 amide bonds. The third kappa shape index (κ3) is 5.95. The van der Waals surface area contributed by atoms with Gasteiger partial charge in [-0.1, -0.05) is 44.2 Å². The summed E-state index contributed by atoms with van der Waals surface area (Å²) in [5, 5.41) is 11.4. The minimum absolute atomic E-state index is 0.0906. The Balaban J connectivity index is 2.77. The van der Waals surface area contributed by atoms with Crippen molar-refractivity contribution >= 4 is 21.7 Å². The van der Waals surface area contributed by atoms with Crippen LogP contribution in [0.25, 0.3) is 0 Å². The summed E-state index contributed by atoms with van der Waals surface area (Å²) in [6.45, 7) is 3.47. The quantitative estimate of drug-likeness (QED) is 0.782. The number of carboxylic acids is 1. The van der Waals surface area contributed by atoms with Gasteiger partial charge >= 0.3 is 5.97 Å². The van der Waals surface area contributed by atoms with Gasteiger partial charge in [-0.25, -0.2) is 13.2 Å². The molecular weight excluding hydrogens is 294 g/mol. The van der Waals surface area contributed by atoms with Gasteiger partial charge in [-0.05, 0) is 11.5 Å². The summed E-state index contributed by atoms with van der Waals surface area (Å²) in [5.74, 6) is -2.96. The Morgan fingerprint density at radius 1 is 1.19 bits per heavy atom. The van der Waals surface area contributed by atoms with Crippen LogP contribution in [0.2, 0.25) is 0 Å². The highest BCUT2D eigenvalue weighted by molar-refractivity contribution is 7.92. The van der Waals surface area contributed by atoms with E-state index in [1.807, 2.05) is 0 Å². The smallest absolute Gasteiger partial charge is 0.330 e. The van der Waals surface area contributed by atoms with Gasteiger partial charge in [0.05, 0.1) is 5.75 Å². The number of sulfone groups is 1. The average Bonchev–Trinajstić information content (AvgIpc) is 2.34. The van der Waals surface area contributed by atoms with E-state index in [1.165, 1.54) is 0 Å². The SMILES string of the molecule is CC(C)CS(=O)(=O)CC(=O)NC(C(=O)O)c1ccccc1. The maximum atomic E-state index is 11.8. The van der Waals surface area contributed by atoms with Crippen LogP contribution in [0.4, 0.5) is 0 Å². The number of hydrogen-bond donors (Lipinski definition) is 2. The van der Waals surface area contributed by atoms with Crippen molar-refractivity contribution in [1.29, 1.82) is 0 Å². The molecule has 0 saturated heterocycles. The first-order chi connectivity index (χ1) is 9.71. The molecule has 0 aliphatic heterocycles. The lowest BCUT2D eigenvalue weighted by Gasteiger charge is -2.15. The van der Waals surface area contributed by atoms with Crippen molar-refractivity contribution in [2.75, 3.05) is 11.5 Å². The van der Waals surface area contributed by atoms with Crippen molar-refractivity contribution < 1.29 is 23.1 Å². The zero-order chi connectivity index (χ0) is 16.0. The van der Waals surface area contributed by atoms with Crippen molar-refractivity contribution in [2.45, 2.75) is 19.9 Å². The van der Waals surface area contributed by atoms with Crippen LogP contribution in [0.5, 0.6) is 0 Å². The Bertz CT molecular complexity index is 595. The molecule has 1 aromatic rings. The fraction of sp³-hybridized carbons (Fsp3) is 0.429. The number of amides is 1.